The number of anilines is 2. The highest BCUT2D eigenvalue weighted by Crippen LogP contribution is 2.33. The van der Waals surface area contributed by atoms with Crippen molar-refractivity contribution in [3.8, 4) is 11.3 Å². The number of esters is 1. The number of carbonyl (C=O) groups is 3. The first-order valence-corrected chi connectivity index (χ1v) is 19.7. The molecule has 53 heavy (non-hydrogen) atoms. The molecule has 0 aliphatic carbocycles. The Labute approximate surface area is 319 Å². The van der Waals surface area contributed by atoms with Crippen LogP contribution in [0.15, 0.2) is 85.1 Å². The molecular weight excluding hydrogens is 681 g/mol. The Morgan fingerprint density at radius 2 is 1.55 bits per heavy atom. The van der Waals surface area contributed by atoms with E-state index < -0.39 is 5.60 Å². The molecule has 1 atom stereocenters. The molecule has 4 aromatic rings. The van der Waals surface area contributed by atoms with Crippen molar-refractivity contribution in [2.75, 3.05) is 23.3 Å². The summed E-state index contributed by atoms with van der Waals surface area (Å²) >= 11 is 1.65. The van der Waals surface area contributed by atoms with Crippen LogP contribution in [0.2, 0.25) is 0 Å². The smallest absolute Gasteiger partial charge is 0.307 e. The molecule has 2 heterocycles. The zero-order chi connectivity index (χ0) is 38.2. The van der Waals surface area contributed by atoms with Crippen LogP contribution in [-0.4, -0.2) is 46.7 Å². The largest absolute Gasteiger partial charge is 0.460 e. The van der Waals surface area contributed by atoms with E-state index in [2.05, 4.69) is 71.6 Å². The SMILES string of the molecule is CC(CC(=O)OC(C)(C)C)SCc1cccc(C(=O)Nc2ccc(N3CCCCC3)cc2-c2cc(C(=O)NCc3ccc(C(C)(C)C)cc3)ccn2)c1. The van der Waals surface area contributed by atoms with Gasteiger partial charge in [-0.15, -0.1) is 0 Å². The van der Waals surface area contributed by atoms with Gasteiger partial charge in [-0.3, -0.25) is 19.4 Å². The lowest BCUT2D eigenvalue weighted by Gasteiger charge is -2.29. The van der Waals surface area contributed by atoms with Crippen LogP contribution >= 0.6 is 11.8 Å². The summed E-state index contributed by atoms with van der Waals surface area (Å²) in [5, 5.41) is 6.26. The Balaban J connectivity index is 1.32. The molecule has 1 aliphatic heterocycles. The normalized spacial score (nSPS) is 14.0. The quantitative estimate of drug-likeness (QED) is 0.140. The number of carbonyl (C=O) groups excluding carboxylic acids is 3. The molecule has 280 valence electrons. The summed E-state index contributed by atoms with van der Waals surface area (Å²) in [7, 11) is 0. The third kappa shape index (κ3) is 11.7. The van der Waals surface area contributed by atoms with E-state index in [0.717, 1.165) is 48.3 Å². The number of hydrogen-bond donors (Lipinski definition) is 2. The molecule has 2 amide bonds. The van der Waals surface area contributed by atoms with Gasteiger partial charge < -0.3 is 20.3 Å². The molecule has 0 radical (unpaired) electrons. The number of amides is 2. The number of nitrogens with zero attached hydrogens (tertiary/aromatic N) is 2. The number of hydrogen-bond acceptors (Lipinski definition) is 7. The number of benzene rings is 3. The lowest BCUT2D eigenvalue weighted by molar-refractivity contribution is -0.154. The number of piperidine rings is 1. The summed E-state index contributed by atoms with van der Waals surface area (Å²) in [6, 6.07) is 25.5. The molecular formula is C44H54N4O4S. The molecule has 3 aromatic carbocycles. The summed E-state index contributed by atoms with van der Waals surface area (Å²) in [6.45, 7) is 16.5. The van der Waals surface area contributed by atoms with Gasteiger partial charge in [0.25, 0.3) is 11.8 Å². The van der Waals surface area contributed by atoms with E-state index in [4.69, 9.17) is 4.74 Å². The average molecular weight is 735 g/mol. The Morgan fingerprint density at radius 3 is 2.25 bits per heavy atom. The van der Waals surface area contributed by atoms with E-state index in [1.807, 2.05) is 58.0 Å². The van der Waals surface area contributed by atoms with Crippen LogP contribution in [0.3, 0.4) is 0 Å². The molecule has 1 aliphatic rings. The molecule has 1 unspecified atom stereocenters. The minimum atomic E-state index is -0.510. The summed E-state index contributed by atoms with van der Waals surface area (Å²) in [6.07, 6.45) is 5.45. The molecule has 8 nitrogen and oxygen atoms in total. The van der Waals surface area contributed by atoms with Crippen molar-refractivity contribution in [3.05, 3.63) is 113 Å². The predicted molar refractivity (Wildman–Crippen MR) is 218 cm³/mol. The highest BCUT2D eigenvalue weighted by atomic mass is 32.2. The second-order valence-corrected chi connectivity index (χ2v) is 17.3. The first kappa shape index (κ1) is 39.6. The second-order valence-electron chi connectivity index (χ2n) is 15.9. The van der Waals surface area contributed by atoms with Crippen LogP contribution < -0.4 is 15.5 Å². The fourth-order valence-corrected chi connectivity index (χ4v) is 7.15. The molecule has 0 bridgehead atoms. The van der Waals surface area contributed by atoms with Gasteiger partial charge in [-0.05, 0) is 105 Å². The second kappa shape index (κ2) is 17.5. The maximum Gasteiger partial charge on any atom is 0.307 e. The van der Waals surface area contributed by atoms with Gasteiger partial charge in [0.2, 0.25) is 0 Å². The molecule has 0 spiro atoms. The minimum Gasteiger partial charge on any atom is -0.460 e. The molecule has 0 saturated carbocycles. The van der Waals surface area contributed by atoms with Gasteiger partial charge >= 0.3 is 5.97 Å². The van der Waals surface area contributed by atoms with Gasteiger partial charge in [-0.2, -0.15) is 11.8 Å². The van der Waals surface area contributed by atoms with Gasteiger partial charge in [0.15, 0.2) is 0 Å². The van der Waals surface area contributed by atoms with Crippen molar-refractivity contribution >= 4 is 40.9 Å². The standard InChI is InChI=1S/C44H54N4O4S/c1-30(24-40(49)52-44(5,6)7)53-29-32-12-11-13-33(25-32)42(51)47-38-19-18-36(48-22-9-8-10-23-48)27-37(38)39-26-34(20-21-45-39)41(50)46-28-31-14-16-35(17-15-31)43(2,3)4/h11-21,25-27,30H,8-10,22-24,28-29H2,1-7H3,(H,46,50)(H,47,51). The average Bonchev–Trinajstić information content (AvgIpc) is 3.12. The Hall–Kier alpha value is -4.63. The molecule has 5 rings (SSSR count). The highest BCUT2D eigenvalue weighted by Gasteiger charge is 2.20. The molecule has 2 N–H and O–H groups in total. The summed E-state index contributed by atoms with van der Waals surface area (Å²) < 4.78 is 5.48. The van der Waals surface area contributed by atoms with Gasteiger partial charge in [0.1, 0.15) is 5.60 Å². The van der Waals surface area contributed by atoms with E-state index in [9.17, 15) is 14.4 Å². The number of aromatic nitrogens is 1. The molecule has 1 aromatic heterocycles. The Kier molecular flexibility index (Phi) is 13.0. The van der Waals surface area contributed by atoms with Crippen LogP contribution in [0.1, 0.15) is 112 Å². The fourth-order valence-electron chi connectivity index (χ4n) is 6.24. The lowest BCUT2D eigenvalue weighted by atomic mass is 9.87. The van der Waals surface area contributed by atoms with Crippen molar-refractivity contribution in [1.82, 2.24) is 10.3 Å². The van der Waals surface area contributed by atoms with Crippen LogP contribution in [0.5, 0.6) is 0 Å². The zero-order valence-corrected chi connectivity index (χ0v) is 33.1. The van der Waals surface area contributed by atoms with Crippen molar-refractivity contribution in [1.29, 1.82) is 0 Å². The number of ether oxygens (including phenoxy) is 1. The Bertz CT molecular complexity index is 1890. The number of thioether (sulfide) groups is 1. The number of nitrogens with one attached hydrogen (secondary N) is 2. The van der Waals surface area contributed by atoms with Crippen LogP contribution in [0, 0.1) is 0 Å². The van der Waals surface area contributed by atoms with Gasteiger partial charge in [-0.1, -0.05) is 64.1 Å². The van der Waals surface area contributed by atoms with E-state index in [1.54, 1.807) is 36.2 Å². The number of pyridine rings is 1. The highest BCUT2D eigenvalue weighted by molar-refractivity contribution is 7.99. The van der Waals surface area contributed by atoms with E-state index in [1.165, 1.54) is 12.0 Å². The van der Waals surface area contributed by atoms with Crippen molar-refractivity contribution in [2.45, 2.75) is 103 Å². The monoisotopic (exact) mass is 734 g/mol. The summed E-state index contributed by atoms with van der Waals surface area (Å²) in [5.41, 5.74) is 6.87. The maximum absolute atomic E-state index is 13.7. The summed E-state index contributed by atoms with van der Waals surface area (Å²) in [4.78, 5) is 46.5. The van der Waals surface area contributed by atoms with Crippen molar-refractivity contribution in [2.24, 2.45) is 0 Å². The first-order chi connectivity index (χ1) is 25.1. The molecule has 9 heteroatoms. The zero-order valence-electron chi connectivity index (χ0n) is 32.3. The topological polar surface area (TPSA) is 101 Å². The van der Waals surface area contributed by atoms with Gasteiger partial charge in [0, 0.05) is 59.2 Å². The van der Waals surface area contributed by atoms with E-state index in [-0.39, 0.29) is 28.4 Å². The third-order valence-electron chi connectivity index (χ3n) is 9.14. The molecule has 1 saturated heterocycles. The third-order valence-corrected chi connectivity index (χ3v) is 10.4. The van der Waals surface area contributed by atoms with Gasteiger partial charge in [-0.25, -0.2) is 0 Å². The van der Waals surface area contributed by atoms with Crippen molar-refractivity contribution < 1.29 is 19.1 Å². The predicted octanol–water partition coefficient (Wildman–Crippen LogP) is 9.57. The lowest BCUT2D eigenvalue weighted by Crippen LogP contribution is -2.29. The van der Waals surface area contributed by atoms with Crippen LogP contribution in [-0.2, 0) is 27.2 Å². The summed E-state index contributed by atoms with van der Waals surface area (Å²) in [5.74, 6) is 0.00993. The molecule has 1 fully saturated rings. The maximum atomic E-state index is 13.7. The van der Waals surface area contributed by atoms with Crippen molar-refractivity contribution in [3.63, 3.8) is 0 Å². The van der Waals surface area contributed by atoms with E-state index >= 15 is 0 Å². The van der Waals surface area contributed by atoms with Crippen LogP contribution in [0.25, 0.3) is 11.3 Å². The van der Waals surface area contributed by atoms with E-state index in [0.29, 0.717) is 41.2 Å². The first-order valence-electron chi connectivity index (χ1n) is 18.6. The minimum absolute atomic E-state index is 0.0619. The van der Waals surface area contributed by atoms with Crippen LogP contribution in [0.4, 0.5) is 11.4 Å². The van der Waals surface area contributed by atoms with Gasteiger partial charge in [0.05, 0.1) is 17.8 Å². The number of rotatable bonds is 12. The Morgan fingerprint density at radius 1 is 0.830 bits per heavy atom. The fraction of sp³-hybridized carbons (Fsp3) is 0.409.